The Morgan fingerprint density at radius 3 is 3.06 bits per heavy atom. The van der Waals surface area contributed by atoms with E-state index >= 15 is 0 Å². The van der Waals surface area contributed by atoms with Crippen LogP contribution < -0.4 is 5.32 Å². The minimum absolute atomic E-state index is 0.0351. The number of aryl methyl sites for hydroxylation is 1. The summed E-state index contributed by atoms with van der Waals surface area (Å²) in [6.07, 6.45) is 3.33. The fourth-order valence-corrected chi connectivity index (χ4v) is 2.90. The summed E-state index contributed by atoms with van der Waals surface area (Å²) in [5, 5.41) is 13.9. The van der Waals surface area contributed by atoms with Gasteiger partial charge in [-0.05, 0) is 24.5 Å². The van der Waals surface area contributed by atoms with Gasteiger partial charge in [0.1, 0.15) is 5.03 Å². The smallest absolute Gasteiger partial charge is 0.237 e. The van der Waals surface area contributed by atoms with E-state index in [1.807, 2.05) is 18.2 Å². The molecule has 1 aliphatic rings. The largest absolute Gasteiger partial charge is 0.325 e. The molecule has 18 heavy (non-hydrogen) atoms. The summed E-state index contributed by atoms with van der Waals surface area (Å²) in [5.74, 6) is 0.0351. The molecule has 1 amide bonds. The van der Waals surface area contributed by atoms with Gasteiger partial charge in [-0.15, -0.1) is 5.10 Å². The molecule has 0 saturated heterocycles. The molecule has 1 atom stereocenters. The fraction of sp³-hybridized carbons (Fsp3) is 0.250. The highest BCUT2D eigenvalue weighted by Crippen LogP contribution is 2.29. The van der Waals surface area contributed by atoms with Crippen molar-refractivity contribution >= 4 is 23.4 Å². The van der Waals surface area contributed by atoms with Gasteiger partial charge in [0.05, 0.1) is 11.4 Å². The average molecular weight is 260 g/mol. The number of fused-ring (bicyclic) bond motifs is 1. The van der Waals surface area contributed by atoms with Gasteiger partial charge in [-0.3, -0.25) is 4.79 Å². The first-order valence-corrected chi connectivity index (χ1v) is 6.62. The molecule has 1 aliphatic heterocycles. The third-order valence-electron chi connectivity index (χ3n) is 2.90. The maximum atomic E-state index is 12.1. The molecule has 0 unspecified atom stereocenters. The monoisotopic (exact) mass is 260 g/mol. The second kappa shape index (κ2) is 4.81. The number of nitrogens with one attached hydrogen (secondary N) is 2. The van der Waals surface area contributed by atoms with Crippen molar-refractivity contribution in [2.45, 2.75) is 23.1 Å². The van der Waals surface area contributed by atoms with E-state index in [0.29, 0.717) is 0 Å². The fourth-order valence-electron chi connectivity index (χ4n) is 2.00. The first-order valence-electron chi connectivity index (χ1n) is 5.74. The van der Waals surface area contributed by atoms with Gasteiger partial charge in [-0.25, -0.2) is 0 Å². The number of para-hydroxylation sites is 1. The summed E-state index contributed by atoms with van der Waals surface area (Å²) in [5.41, 5.74) is 2.11. The van der Waals surface area contributed by atoms with Crippen molar-refractivity contribution in [1.29, 1.82) is 0 Å². The lowest BCUT2D eigenvalue weighted by Gasteiger charge is -2.10. The molecular weight excluding hydrogens is 248 g/mol. The highest BCUT2D eigenvalue weighted by atomic mass is 32.2. The van der Waals surface area contributed by atoms with Crippen LogP contribution in [0.25, 0.3) is 0 Å². The van der Waals surface area contributed by atoms with E-state index in [1.54, 1.807) is 6.20 Å². The van der Waals surface area contributed by atoms with Crippen molar-refractivity contribution in [2.24, 2.45) is 0 Å². The number of aromatic nitrogens is 3. The van der Waals surface area contributed by atoms with Crippen LogP contribution in [0, 0.1) is 0 Å². The van der Waals surface area contributed by atoms with Gasteiger partial charge >= 0.3 is 0 Å². The van der Waals surface area contributed by atoms with E-state index in [0.717, 1.165) is 23.6 Å². The van der Waals surface area contributed by atoms with Crippen molar-refractivity contribution in [3.63, 3.8) is 0 Å². The topological polar surface area (TPSA) is 70.7 Å². The van der Waals surface area contributed by atoms with Gasteiger partial charge in [-0.1, -0.05) is 30.0 Å². The molecule has 1 aromatic heterocycles. The third-order valence-corrected chi connectivity index (χ3v) is 4.07. The highest BCUT2D eigenvalue weighted by molar-refractivity contribution is 8.00. The van der Waals surface area contributed by atoms with Crippen molar-refractivity contribution in [3.05, 3.63) is 36.0 Å². The molecule has 0 spiro atoms. The van der Waals surface area contributed by atoms with Crippen molar-refractivity contribution in [3.8, 4) is 0 Å². The quantitative estimate of drug-likeness (QED) is 0.864. The molecule has 0 saturated carbocycles. The molecule has 0 radical (unpaired) electrons. The lowest BCUT2D eigenvalue weighted by molar-refractivity contribution is -0.115. The molecule has 2 heterocycles. The number of carbonyl (C=O) groups is 1. The maximum Gasteiger partial charge on any atom is 0.237 e. The van der Waals surface area contributed by atoms with E-state index in [-0.39, 0.29) is 11.2 Å². The number of rotatable bonds is 2. The number of nitrogens with zero attached hydrogens (tertiary/aromatic N) is 2. The maximum absolute atomic E-state index is 12.1. The van der Waals surface area contributed by atoms with E-state index < -0.39 is 0 Å². The number of benzene rings is 1. The number of thioether (sulfide) groups is 1. The van der Waals surface area contributed by atoms with E-state index in [2.05, 4.69) is 26.8 Å². The molecule has 3 rings (SSSR count). The number of carbonyl (C=O) groups excluding carboxylic acids is 1. The van der Waals surface area contributed by atoms with E-state index in [9.17, 15) is 4.79 Å². The van der Waals surface area contributed by atoms with Crippen LogP contribution in [0.4, 0.5) is 5.69 Å². The van der Waals surface area contributed by atoms with Gasteiger partial charge in [0.25, 0.3) is 0 Å². The molecule has 2 aromatic rings. The van der Waals surface area contributed by atoms with Crippen LogP contribution in [0.2, 0.25) is 0 Å². The second-order valence-corrected chi connectivity index (χ2v) is 5.32. The lowest BCUT2D eigenvalue weighted by atomic mass is 10.1. The van der Waals surface area contributed by atoms with Gasteiger partial charge < -0.3 is 5.32 Å². The predicted molar refractivity (Wildman–Crippen MR) is 69.4 cm³/mol. The standard InChI is InChI=1S/C12H12N4OS/c17-12-10(18-11-7-13-16-15-11)6-5-8-3-1-2-4-9(8)14-12/h1-4,7,10H,5-6H2,(H,14,17)(H,13,15,16)/t10-/m1/s1. The Morgan fingerprint density at radius 2 is 2.22 bits per heavy atom. The zero-order chi connectivity index (χ0) is 12.4. The number of H-pyrrole nitrogens is 1. The number of anilines is 1. The zero-order valence-corrected chi connectivity index (χ0v) is 10.4. The molecule has 0 bridgehead atoms. The van der Waals surface area contributed by atoms with Crippen molar-refractivity contribution in [1.82, 2.24) is 15.4 Å². The summed E-state index contributed by atoms with van der Waals surface area (Å²) < 4.78 is 0. The van der Waals surface area contributed by atoms with E-state index in [4.69, 9.17) is 0 Å². The van der Waals surface area contributed by atoms with Crippen LogP contribution in [0.15, 0.2) is 35.5 Å². The molecule has 92 valence electrons. The Balaban J connectivity index is 1.78. The first kappa shape index (κ1) is 11.3. The van der Waals surface area contributed by atoms with Gasteiger partial charge in [0.15, 0.2) is 0 Å². The first-order chi connectivity index (χ1) is 8.83. The minimum Gasteiger partial charge on any atom is -0.325 e. The Labute approximate surface area is 108 Å². The van der Waals surface area contributed by atoms with Crippen LogP contribution in [-0.4, -0.2) is 26.6 Å². The predicted octanol–water partition coefficient (Wildman–Crippen LogP) is 1.85. The van der Waals surface area contributed by atoms with Crippen LogP contribution in [0.3, 0.4) is 0 Å². The van der Waals surface area contributed by atoms with Gasteiger partial charge in [0.2, 0.25) is 5.91 Å². The second-order valence-electron chi connectivity index (χ2n) is 4.10. The minimum atomic E-state index is -0.123. The van der Waals surface area contributed by atoms with Crippen LogP contribution in [0.1, 0.15) is 12.0 Å². The van der Waals surface area contributed by atoms with Gasteiger partial charge in [-0.2, -0.15) is 10.3 Å². The number of aromatic amines is 1. The third kappa shape index (κ3) is 2.24. The summed E-state index contributed by atoms with van der Waals surface area (Å²) in [6.45, 7) is 0. The van der Waals surface area contributed by atoms with Crippen molar-refractivity contribution < 1.29 is 4.79 Å². The molecule has 0 fully saturated rings. The van der Waals surface area contributed by atoms with Crippen LogP contribution in [-0.2, 0) is 11.2 Å². The Kier molecular flexibility index (Phi) is 3.02. The number of hydrogen-bond acceptors (Lipinski definition) is 4. The Morgan fingerprint density at radius 1 is 1.33 bits per heavy atom. The van der Waals surface area contributed by atoms with Crippen molar-refractivity contribution in [2.75, 3.05) is 5.32 Å². The zero-order valence-electron chi connectivity index (χ0n) is 9.59. The average Bonchev–Trinajstić information content (AvgIpc) is 2.83. The van der Waals surface area contributed by atoms with E-state index in [1.165, 1.54) is 17.3 Å². The number of amides is 1. The summed E-state index contributed by atoms with van der Waals surface area (Å²) in [6, 6.07) is 7.93. The molecular formula is C12H12N4OS. The van der Waals surface area contributed by atoms with Crippen LogP contribution >= 0.6 is 11.8 Å². The lowest BCUT2D eigenvalue weighted by Crippen LogP contribution is -2.23. The SMILES string of the molecule is O=C1Nc2ccccc2CC[C@H]1Sc1cn[nH]n1. The molecule has 0 aliphatic carbocycles. The molecule has 6 heteroatoms. The van der Waals surface area contributed by atoms with Gasteiger partial charge in [0, 0.05) is 5.69 Å². The molecule has 2 N–H and O–H groups in total. The summed E-state index contributed by atoms with van der Waals surface area (Å²) >= 11 is 1.45. The Hall–Kier alpha value is -1.82. The summed E-state index contributed by atoms with van der Waals surface area (Å²) in [7, 11) is 0. The molecule has 1 aromatic carbocycles. The Bertz CT molecular complexity index is 555. The normalized spacial score (nSPS) is 18.9. The summed E-state index contributed by atoms with van der Waals surface area (Å²) in [4.78, 5) is 12.1. The highest BCUT2D eigenvalue weighted by Gasteiger charge is 2.25. The van der Waals surface area contributed by atoms with Crippen LogP contribution in [0.5, 0.6) is 0 Å². The molecule has 5 nitrogen and oxygen atoms in total. The number of hydrogen-bond donors (Lipinski definition) is 2.